The minimum absolute atomic E-state index is 0. The fourth-order valence-electron chi connectivity index (χ4n) is 3.35. The molecule has 0 bridgehead atoms. The topological polar surface area (TPSA) is 95.5 Å². The molecule has 0 saturated heterocycles. The highest BCUT2D eigenvalue weighted by molar-refractivity contribution is 14.0. The van der Waals surface area contributed by atoms with E-state index in [1.54, 1.807) is 19.3 Å². The maximum Gasteiger partial charge on any atom is 0.242 e. The van der Waals surface area contributed by atoms with Crippen LogP contribution in [0.3, 0.4) is 0 Å². The molecule has 1 heterocycles. The molecular formula is C18H32IN5O2S. The third-order valence-corrected chi connectivity index (χ3v) is 6.21. The van der Waals surface area contributed by atoms with E-state index in [4.69, 9.17) is 0 Å². The quantitative estimate of drug-likeness (QED) is 0.217. The van der Waals surface area contributed by atoms with Crippen LogP contribution in [0.2, 0.25) is 0 Å². The molecule has 3 N–H and O–H groups in total. The van der Waals surface area contributed by atoms with Gasteiger partial charge in [-0.3, -0.25) is 9.98 Å². The van der Waals surface area contributed by atoms with Crippen molar-refractivity contribution in [3.63, 3.8) is 0 Å². The standard InChI is InChI=1S/C18H31N5O2S.HI/c1-3-5-15-7-9-16(10-8-15)23-18(19-2)21-12-13-22-26(24,25)17-6-4-11-20-14-17;/h4,6,11,14-16,22H,3,5,7-10,12-13H2,1-2H3,(H2,19,21,23);1H. The van der Waals surface area contributed by atoms with Gasteiger partial charge in [-0.15, -0.1) is 24.0 Å². The predicted molar refractivity (Wildman–Crippen MR) is 120 cm³/mol. The zero-order valence-corrected chi connectivity index (χ0v) is 19.3. The van der Waals surface area contributed by atoms with Gasteiger partial charge >= 0.3 is 0 Å². The van der Waals surface area contributed by atoms with Gasteiger partial charge in [-0.1, -0.05) is 19.8 Å². The number of hydrogen-bond donors (Lipinski definition) is 3. The highest BCUT2D eigenvalue weighted by Gasteiger charge is 2.21. The average molecular weight is 509 g/mol. The molecule has 1 aliphatic carbocycles. The molecule has 0 aliphatic heterocycles. The second kappa shape index (κ2) is 12.5. The van der Waals surface area contributed by atoms with Gasteiger partial charge < -0.3 is 10.6 Å². The van der Waals surface area contributed by atoms with Gasteiger partial charge in [-0.25, -0.2) is 13.1 Å². The number of rotatable bonds is 8. The van der Waals surface area contributed by atoms with Crippen molar-refractivity contribution in [1.29, 1.82) is 0 Å². The zero-order valence-electron chi connectivity index (χ0n) is 16.1. The molecular weight excluding hydrogens is 477 g/mol. The fourth-order valence-corrected chi connectivity index (χ4v) is 4.34. The maximum absolute atomic E-state index is 12.1. The highest BCUT2D eigenvalue weighted by atomic mass is 127. The Morgan fingerprint density at radius 3 is 2.59 bits per heavy atom. The maximum atomic E-state index is 12.1. The molecule has 0 unspecified atom stereocenters. The van der Waals surface area contributed by atoms with E-state index < -0.39 is 10.0 Å². The molecule has 0 amide bonds. The third kappa shape index (κ3) is 8.30. The first-order chi connectivity index (χ1) is 12.5. The van der Waals surface area contributed by atoms with Crippen molar-refractivity contribution in [2.24, 2.45) is 10.9 Å². The second-order valence-electron chi connectivity index (χ2n) is 6.74. The summed E-state index contributed by atoms with van der Waals surface area (Å²) in [6.07, 6.45) is 10.4. The monoisotopic (exact) mass is 509 g/mol. The Labute approximate surface area is 180 Å². The summed E-state index contributed by atoms with van der Waals surface area (Å²) in [6, 6.07) is 3.58. The number of pyridine rings is 1. The summed E-state index contributed by atoms with van der Waals surface area (Å²) in [4.78, 5) is 8.25. The highest BCUT2D eigenvalue weighted by Crippen LogP contribution is 2.27. The van der Waals surface area contributed by atoms with Crippen LogP contribution in [0, 0.1) is 5.92 Å². The van der Waals surface area contributed by atoms with Gasteiger partial charge in [0, 0.05) is 38.6 Å². The second-order valence-corrected chi connectivity index (χ2v) is 8.50. The van der Waals surface area contributed by atoms with Crippen LogP contribution in [-0.2, 0) is 10.0 Å². The molecule has 0 radical (unpaired) electrons. The van der Waals surface area contributed by atoms with Gasteiger partial charge in [0.25, 0.3) is 0 Å². The molecule has 1 aliphatic rings. The first-order valence-electron chi connectivity index (χ1n) is 9.42. The normalized spacial score (nSPS) is 20.6. The number of aromatic nitrogens is 1. The van der Waals surface area contributed by atoms with E-state index in [9.17, 15) is 8.42 Å². The molecule has 7 nitrogen and oxygen atoms in total. The number of guanidine groups is 1. The Hall–Kier alpha value is -0.940. The molecule has 154 valence electrons. The lowest BCUT2D eigenvalue weighted by molar-refractivity contribution is 0.295. The SMILES string of the molecule is CCCC1CCC(NC(=NC)NCCNS(=O)(=O)c2cccnc2)CC1.I. The number of aliphatic imine (C=N–C) groups is 1. The van der Waals surface area contributed by atoms with Crippen LogP contribution >= 0.6 is 24.0 Å². The minimum Gasteiger partial charge on any atom is -0.355 e. The average Bonchev–Trinajstić information content (AvgIpc) is 2.66. The van der Waals surface area contributed by atoms with Crippen LogP contribution in [0.1, 0.15) is 45.4 Å². The number of hydrogen-bond acceptors (Lipinski definition) is 4. The van der Waals surface area contributed by atoms with E-state index in [1.165, 1.54) is 50.8 Å². The van der Waals surface area contributed by atoms with Gasteiger partial charge in [0.15, 0.2) is 5.96 Å². The van der Waals surface area contributed by atoms with E-state index in [2.05, 4.69) is 32.3 Å². The number of sulfonamides is 1. The summed E-state index contributed by atoms with van der Waals surface area (Å²) in [5.41, 5.74) is 0. The summed E-state index contributed by atoms with van der Waals surface area (Å²) < 4.78 is 26.8. The Morgan fingerprint density at radius 1 is 1.26 bits per heavy atom. The summed E-state index contributed by atoms with van der Waals surface area (Å²) in [5.74, 6) is 1.60. The fraction of sp³-hybridized carbons (Fsp3) is 0.667. The number of nitrogens with zero attached hydrogens (tertiary/aromatic N) is 2. The molecule has 0 atom stereocenters. The number of halogens is 1. The van der Waals surface area contributed by atoms with Crippen LogP contribution < -0.4 is 15.4 Å². The van der Waals surface area contributed by atoms with Crippen molar-refractivity contribution in [3.05, 3.63) is 24.5 Å². The lowest BCUT2D eigenvalue weighted by atomic mass is 9.83. The number of nitrogens with one attached hydrogen (secondary N) is 3. The Kier molecular flexibility index (Phi) is 11.2. The Morgan fingerprint density at radius 2 is 2.00 bits per heavy atom. The Balaban J connectivity index is 0.00000364. The molecule has 1 aromatic heterocycles. The first kappa shape index (κ1) is 24.1. The van der Waals surface area contributed by atoms with Gasteiger partial charge in [0.2, 0.25) is 10.0 Å². The zero-order chi connectivity index (χ0) is 18.8. The minimum atomic E-state index is -3.52. The van der Waals surface area contributed by atoms with Crippen molar-refractivity contribution in [2.45, 2.75) is 56.4 Å². The molecule has 2 rings (SSSR count). The first-order valence-corrected chi connectivity index (χ1v) is 10.9. The summed E-state index contributed by atoms with van der Waals surface area (Å²) in [5, 5.41) is 6.62. The summed E-state index contributed by atoms with van der Waals surface area (Å²) in [7, 11) is -1.78. The van der Waals surface area contributed by atoms with Crippen LogP contribution in [0.25, 0.3) is 0 Å². The van der Waals surface area contributed by atoms with Gasteiger partial charge in [-0.2, -0.15) is 0 Å². The van der Waals surface area contributed by atoms with E-state index in [0.29, 0.717) is 12.6 Å². The van der Waals surface area contributed by atoms with Crippen LogP contribution in [0.4, 0.5) is 0 Å². The van der Waals surface area contributed by atoms with Crippen molar-refractivity contribution in [3.8, 4) is 0 Å². The molecule has 0 spiro atoms. The largest absolute Gasteiger partial charge is 0.355 e. The van der Waals surface area contributed by atoms with E-state index in [0.717, 1.165) is 11.9 Å². The summed E-state index contributed by atoms with van der Waals surface area (Å²) in [6.45, 7) is 2.99. The van der Waals surface area contributed by atoms with Crippen molar-refractivity contribution in [2.75, 3.05) is 20.1 Å². The lowest BCUT2D eigenvalue weighted by Gasteiger charge is -2.30. The molecule has 1 aromatic rings. The van der Waals surface area contributed by atoms with E-state index in [1.807, 2.05) is 0 Å². The predicted octanol–water partition coefficient (Wildman–Crippen LogP) is 2.50. The summed E-state index contributed by atoms with van der Waals surface area (Å²) >= 11 is 0. The lowest BCUT2D eigenvalue weighted by Crippen LogP contribution is -2.46. The van der Waals surface area contributed by atoms with Crippen LogP contribution in [-0.4, -0.2) is 45.5 Å². The Bertz CT molecular complexity index is 662. The van der Waals surface area contributed by atoms with E-state index in [-0.39, 0.29) is 35.4 Å². The van der Waals surface area contributed by atoms with Crippen molar-refractivity contribution >= 4 is 40.0 Å². The molecule has 1 saturated carbocycles. The van der Waals surface area contributed by atoms with Crippen molar-refractivity contribution in [1.82, 2.24) is 20.3 Å². The third-order valence-electron chi connectivity index (χ3n) is 4.76. The smallest absolute Gasteiger partial charge is 0.242 e. The van der Waals surface area contributed by atoms with Gasteiger partial charge in [-0.05, 0) is 43.7 Å². The van der Waals surface area contributed by atoms with Gasteiger partial charge in [0.05, 0.1) is 0 Å². The van der Waals surface area contributed by atoms with E-state index >= 15 is 0 Å². The van der Waals surface area contributed by atoms with Crippen molar-refractivity contribution < 1.29 is 8.42 Å². The molecule has 27 heavy (non-hydrogen) atoms. The molecule has 0 aromatic carbocycles. The van der Waals surface area contributed by atoms with Crippen LogP contribution in [0.5, 0.6) is 0 Å². The van der Waals surface area contributed by atoms with Gasteiger partial charge in [0.1, 0.15) is 4.90 Å². The van der Waals surface area contributed by atoms with Crippen LogP contribution in [0.15, 0.2) is 34.4 Å². The molecule has 1 fully saturated rings. The molecule has 9 heteroatoms.